The molecule has 0 fully saturated rings. The molecule has 0 unspecified atom stereocenters. The molecule has 2 aromatic carbocycles. The number of hydrogen-bond acceptors (Lipinski definition) is 4. The van der Waals surface area contributed by atoms with E-state index in [1.807, 2.05) is 72.7 Å². The van der Waals surface area contributed by atoms with Crippen LogP contribution in [0.15, 0.2) is 54.4 Å². The smallest absolute Gasteiger partial charge is 0.389 e. The maximum atomic E-state index is 12.8. The molecule has 0 atom stereocenters. The number of nitrogens with zero attached hydrogens (tertiary/aromatic N) is 1. The van der Waals surface area contributed by atoms with Crippen molar-refractivity contribution in [3.63, 3.8) is 0 Å². The van der Waals surface area contributed by atoms with Gasteiger partial charge in [-0.2, -0.15) is 13.2 Å². The Balaban J connectivity index is 0.000000384. The molecule has 0 spiro atoms. The van der Waals surface area contributed by atoms with E-state index >= 15 is 0 Å². The summed E-state index contributed by atoms with van der Waals surface area (Å²) in [6, 6.07) is 15.7. The minimum Gasteiger partial charge on any atom is -0.512 e. The van der Waals surface area contributed by atoms with Gasteiger partial charge in [0.2, 0.25) is 0 Å². The fraction of sp³-hybridized carbons (Fsp3) is 0.500. The summed E-state index contributed by atoms with van der Waals surface area (Å²) in [6.45, 7) is 20.5. The molecule has 2 aromatic heterocycles. The molecule has 0 bridgehead atoms. The van der Waals surface area contributed by atoms with Crippen molar-refractivity contribution < 1.29 is 43.2 Å². The molecule has 4 rings (SSSR count). The Morgan fingerprint density at radius 2 is 1.50 bits per heavy atom. The van der Waals surface area contributed by atoms with Crippen LogP contribution >= 0.6 is 11.3 Å². The average Bonchev–Trinajstić information content (AvgIpc) is 3.37. The summed E-state index contributed by atoms with van der Waals surface area (Å²) in [5, 5.41) is 13.3. The Labute approximate surface area is 302 Å². The molecule has 0 aliphatic carbocycles. The second-order valence-corrected chi connectivity index (χ2v) is 15.2. The summed E-state index contributed by atoms with van der Waals surface area (Å²) >= 11 is 1.42. The third kappa shape index (κ3) is 9.57. The van der Waals surface area contributed by atoms with Crippen LogP contribution in [0.2, 0.25) is 0 Å². The molecule has 0 saturated heterocycles. The number of pyridine rings is 1. The fourth-order valence-corrected chi connectivity index (χ4v) is 6.85. The molecule has 1 N–H and O–H groups in total. The number of aryl methyl sites for hydroxylation is 2. The monoisotopic (exact) mass is 859 g/mol. The van der Waals surface area contributed by atoms with Crippen molar-refractivity contribution in [2.24, 2.45) is 10.8 Å². The van der Waals surface area contributed by atoms with Gasteiger partial charge in [-0.05, 0) is 61.5 Å². The van der Waals surface area contributed by atoms with Crippen molar-refractivity contribution in [1.29, 1.82) is 0 Å². The molecule has 0 aliphatic rings. The van der Waals surface area contributed by atoms with Gasteiger partial charge >= 0.3 is 6.18 Å². The molecule has 8 heteroatoms. The SMILES string of the molecule is CCC(C)(CC)C(=O)/C=C(\O)C(C)(CC)CC.Cc1c(CCC(F)(F)F)sc2c(-c3[c-]c4ccccc4c(C(C)(C)C)c3)nccc12.[Ir]. The Morgan fingerprint density at radius 3 is 2.04 bits per heavy atom. The molecule has 4 aromatic rings. The summed E-state index contributed by atoms with van der Waals surface area (Å²) in [7, 11) is 0. The molecular formula is C40H51F3IrNO2S-. The summed E-state index contributed by atoms with van der Waals surface area (Å²) < 4.78 is 39.2. The van der Waals surface area contributed by atoms with E-state index in [1.54, 1.807) is 6.20 Å². The summed E-state index contributed by atoms with van der Waals surface area (Å²) in [5.41, 5.74) is 3.12. The van der Waals surface area contributed by atoms with Crippen LogP contribution in [0.5, 0.6) is 0 Å². The Morgan fingerprint density at radius 1 is 0.917 bits per heavy atom. The van der Waals surface area contributed by atoms with E-state index in [2.05, 4.69) is 44.0 Å². The van der Waals surface area contributed by atoms with Crippen LogP contribution in [-0.2, 0) is 36.7 Å². The van der Waals surface area contributed by atoms with Crippen LogP contribution in [0.4, 0.5) is 13.2 Å². The molecule has 265 valence electrons. The van der Waals surface area contributed by atoms with Crippen molar-refractivity contribution in [2.45, 2.75) is 119 Å². The molecular weight excluding hydrogens is 808 g/mol. The number of benzene rings is 2. The molecule has 0 aliphatic heterocycles. The Kier molecular flexibility index (Phi) is 14.3. The zero-order valence-corrected chi connectivity index (χ0v) is 33.3. The average molecular weight is 859 g/mol. The summed E-state index contributed by atoms with van der Waals surface area (Å²) in [6.07, 6.45) is 1.54. The van der Waals surface area contributed by atoms with Crippen molar-refractivity contribution in [1.82, 2.24) is 4.98 Å². The first-order valence-electron chi connectivity index (χ1n) is 16.7. The van der Waals surface area contributed by atoms with Gasteiger partial charge in [-0.3, -0.25) is 9.78 Å². The second kappa shape index (κ2) is 16.4. The molecule has 1 radical (unpaired) electrons. The van der Waals surface area contributed by atoms with Gasteiger partial charge in [0, 0.05) is 64.9 Å². The number of allylic oxidation sites excluding steroid dienone is 2. The number of aliphatic hydroxyl groups excluding tert-OH is 1. The number of carbonyl (C=O) groups is 1. The zero-order chi connectivity index (χ0) is 35.4. The number of halogens is 3. The number of hydrogen-bond donors (Lipinski definition) is 1. The molecule has 48 heavy (non-hydrogen) atoms. The van der Waals surface area contributed by atoms with Crippen LogP contribution in [0.1, 0.15) is 110 Å². The number of aromatic nitrogens is 1. The predicted molar refractivity (Wildman–Crippen MR) is 192 cm³/mol. The van der Waals surface area contributed by atoms with E-state index in [9.17, 15) is 23.1 Å². The third-order valence-corrected chi connectivity index (χ3v) is 11.4. The van der Waals surface area contributed by atoms with E-state index in [-0.39, 0.29) is 54.3 Å². The van der Waals surface area contributed by atoms with Crippen molar-refractivity contribution in [2.75, 3.05) is 0 Å². The summed E-state index contributed by atoms with van der Waals surface area (Å²) in [4.78, 5) is 17.6. The largest absolute Gasteiger partial charge is 0.512 e. The van der Waals surface area contributed by atoms with E-state index in [0.717, 1.165) is 68.2 Å². The number of rotatable bonds is 10. The van der Waals surface area contributed by atoms with Crippen LogP contribution in [-0.4, -0.2) is 22.1 Å². The zero-order valence-electron chi connectivity index (χ0n) is 30.0. The maximum absolute atomic E-state index is 12.8. The van der Waals surface area contributed by atoms with Crippen molar-refractivity contribution in [3.8, 4) is 11.3 Å². The van der Waals surface area contributed by atoms with E-state index < -0.39 is 12.6 Å². The first-order valence-corrected chi connectivity index (χ1v) is 17.5. The van der Waals surface area contributed by atoms with Gasteiger partial charge in [0.05, 0.1) is 0 Å². The molecule has 2 heterocycles. The van der Waals surface area contributed by atoms with Crippen LogP contribution < -0.4 is 0 Å². The Hall–Kier alpha value is -2.54. The number of thiophene rings is 1. The first kappa shape index (κ1) is 41.6. The van der Waals surface area contributed by atoms with Gasteiger partial charge < -0.3 is 5.11 Å². The Bertz CT molecular complexity index is 1720. The van der Waals surface area contributed by atoms with Gasteiger partial charge in [-0.25, -0.2) is 0 Å². The second-order valence-electron chi connectivity index (χ2n) is 14.1. The van der Waals surface area contributed by atoms with Crippen molar-refractivity contribution >= 4 is 38.0 Å². The van der Waals surface area contributed by atoms with E-state index in [0.29, 0.717) is 0 Å². The standard InChI is InChI=1S/C25H23F3NS.C15H28O2.Ir/c1-15-18-10-12-29-22(23(18)30-21(15)9-11-25(26,27)28)17-13-16-7-5-6-8-19(16)20(14-17)24(2,3)4;1-7-14(5,8-2)12(16)11-13(17)15(6,9-3)10-4;/h5-8,10,12,14H,9,11H2,1-4H3;11,16H,7-10H2,1-6H3;/q-1;;/b;12-11-;. The predicted octanol–water partition coefficient (Wildman–Crippen LogP) is 12.7. The minimum atomic E-state index is -4.16. The molecule has 3 nitrogen and oxygen atoms in total. The minimum absolute atomic E-state index is 0. The van der Waals surface area contributed by atoms with Crippen LogP contribution in [0.3, 0.4) is 0 Å². The number of carbonyl (C=O) groups excluding carboxylic acids is 1. The topological polar surface area (TPSA) is 50.2 Å². The van der Waals surface area contributed by atoms with Gasteiger partial charge in [0.25, 0.3) is 0 Å². The van der Waals surface area contributed by atoms with Gasteiger partial charge in [-0.1, -0.05) is 91.5 Å². The normalized spacial score (nSPS) is 12.9. The first-order chi connectivity index (χ1) is 21.8. The number of aliphatic hydroxyl groups is 1. The fourth-order valence-electron chi connectivity index (χ4n) is 5.54. The van der Waals surface area contributed by atoms with Gasteiger partial charge in [-0.15, -0.1) is 40.5 Å². The molecule has 0 saturated carbocycles. The molecule has 0 amide bonds. The van der Waals surface area contributed by atoms with E-state index in [4.69, 9.17) is 0 Å². The van der Waals surface area contributed by atoms with Gasteiger partial charge in [0.15, 0.2) is 5.78 Å². The summed E-state index contributed by atoms with van der Waals surface area (Å²) in [5.74, 6) is 0.286. The van der Waals surface area contributed by atoms with Gasteiger partial charge in [0.1, 0.15) is 5.76 Å². The number of fused-ring (bicyclic) bond motifs is 2. The number of ketones is 1. The quantitative estimate of drug-likeness (QED) is 0.0982. The van der Waals surface area contributed by atoms with Crippen LogP contribution in [0, 0.1) is 23.8 Å². The van der Waals surface area contributed by atoms with Crippen molar-refractivity contribution in [3.05, 3.63) is 76.5 Å². The maximum Gasteiger partial charge on any atom is 0.389 e. The third-order valence-electron chi connectivity index (χ3n) is 10.0. The van der Waals surface area contributed by atoms with E-state index in [1.165, 1.54) is 23.0 Å². The van der Waals surface area contributed by atoms with Crippen LogP contribution in [0.25, 0.3) is 32.1 Å². The number of alkyl halides is 3.